The summed E-state index contributed by atoms with van der Waals surface area (Å²) in [5.74, 6) is 0.757. The number of hydrogen-bond donors (Lipinski definition) is 1. The number of aryl methyl sites for hydroxylation is 1. The summed E-state index contributed by atoms with van der Waals surface area (Å²) in [6.45, 7) is 1.93. The molecule has 16 heavy (non-hydrogen) atoms. The first kappa shape index (κ1) is 11.2. The topological polar surface area (TPSA) is 48.1 Å². The first-order valence-electron chi connectivity index (χ1n) is 4.67. The maximum absolute atomic E-state index is 6.09. The van der Waals surface area contributed by atoms with Crippen molar-refractivity contribution in [2.45, 2.75) is 6.92 Å². The van der Waals surface area contributed by atoms with E-state index < -0.39 is 0 Å². The SMILES string of the molecule is COc1cc(C)c(Cl)cc1-c1csc(N)n1. The van der Waals surface area contributed by atoms with Crippen LogP contribution in [0.2, 0.25) is 5.02 Å². The molecule has 2 aromatic rings. The van der Waals surface area contributed by atoms with Gasteiger partial charge in [0.15, 0.2) is 5.13 Å². The molecular weight excluding hydrogens is 244 g/mol. The number of nitrogens with zero attached hydrogens (tertiary/aromatic N) is 1. The zero-order valence-corrected chi connectivity index (χ0v) is 10.5. The van der Waals surface area contributed by atoms with Gasteiger partial charge in [0.25, 0.3) is 0 Å². The Morgan fingerprint density at radius 3 is 2.75 bits per heavy atom. The molecule has 2 N–H and O–H groups in total. The summed E-state index contributed by atoms with van der Waals surface area (Å²) < 4.78 is 5.31. The van der Waals surface area contributed by atoms with Crippen molar-refractivity contribution in [2.75, 3.05) is 12.8 Å². The molecule has 0 unspecified atom stereocenters. The van der Waals surface area contributed by atoms with Crippen LogP contribution in [0.5, 0.6) is 5.75 Å². The van der Waals surface area contributed by atoms with E-state index >= 15 is 0 Å². The molecule has 0 spiro atoms. The number of methoxy groups -OCH3 is 1. The van der Waals surface area contributed by atoms with Crippen molar-refractivity contribution >= 4 is 28.1 Å². The molecule has 0 atom stereocenters. The van der Waals surface area contributed by atoms with Crippen molar-refractivity contribution in [3.8, 4) is 17.0 Å². The van der Waals surface area contributed by atoms with Crippen LogP contribution < -0.4 is 10.5 Å². The second-order valence-corrected chi connectivity index (χ2v) is 4.67. The van der Waals surface area contributed by atoms with Gasteiger partial charge in [-0.15, -0.1) is 11.3 Å². The van der Waals surface area contributed by atoms with E-state index in [1.54, 1.807) is 7.11 Å². The summed E-state index contributed by atoms with van der Waals surface area (Å²) in [6.07, 6.45) is 0. The van der Waals surface area contributed by atoms with Gasteiger partial charge in [0.2, 0.25) is 0 Å². The molecule has 0 saturated carbocycles. The maximum atomic E-state index is 6.09. The smallest absolute Gasteiger partial charge is 0.180 e. The van der Waals surface area contributed by atoms with Crippen LogP contribution in [0.1, 0.15) is 5.56 Å². The Morgan fingerprint density at radius 1 is 1.44 bits per heavy atom. The number of rotatable bonds is 2. The zero-order chi connectivity index (χ0) is 11.7. The number of aromatic nitrogens is 1. The van der Waals surface area contributed by atoms with Crippen LogP contribution in [-0.2, 0) is 0 Å². The summed E-state index contributed by atoms with van der Waals surface area (Å²) in [5.41, 5.74) is 8.25. The molecule has 1 heterocycles. The molecule has 84 valence electrons. The van der Waals surface area contributed by atoms with Crippen LogP contribution in [0.3, 0.4) is 0 Å². The Kier molecular flexibility index (Phi) is 3.03. The Hall–Kier alpha value is -1.26. The first-order valence-corrected chi connectivity index (χ1v) is 5.93. The Labute approximate surface area is 103 Å². The van der Waals surface area contributed by atoms with Crippen LogP contribution in [0.4, 0.5) is 5.13 Å². The molecule has 0 aliphatic rings. The predicted octanol–water partition coefficient (Wildman–Crippen LogP) is 3.36. The monoisotopic (exact) mass is 254 g/mol. The van der Waals surface area contributed by atoms with Crippen molar-refractivity contribution in [1.82, 2.24) is 4.98 Å². The summed E-state index contributed by atoms with van der Waals surface area (Å²) >= 11 is 7.48. The summed E-state index contributed by atoms with van der Waals surface area (Å²) in [6, 6.07) is 3.75. The third-order valence-electron chi connectivity index (χ3n) is 2.28. The fourth-order valence-corrected chi connectivity index (χ4v) is 2.16. The number of nitrogen functional groups attached to an aromatic ring is 1. The van der Waals surface area contributed by atoms with E-state index in [0.29, 0.717) is 10.2 Å². The lowest BCUT2D eigenvalue weighted by Crippen LogP contribution is -1.91. The molecule has 1 aromatic heterocycles. The molecule has 0 amide bonds. The van der Waals surface area contributed by atoms with Crippen LogP contribution in [0, 0.1) is 6.92 Å². The number of hydrogen-bond acceptors (Lipinski definition) is 4. The summed E-state index contributed by atoms with van der Waals surface area (Å²) in [7, 11) is 1.63. The number of anilines is 1. The second kappa shape index (κ2) is 4.31. The number of ether oxygens (including phenoxy) is 1. The fraction of sp³-hybridized carbons (Fsp3) is 0.182. The summed E-state index contributed by atoms with van der Waals surface area (Å²) in [5, 5.41) is 3.12. The van der Waals surface area contributed by atoms with Gasteiger partial charge in [0.05, 0.1) is 12.8 Å². The lowest BCUT2D eigenvalue weighted by molar-refractivity contribution is 0.416. The average molecular weight is 255 g/mol. The van der Waals surface area contributed by atoms with Gasteiger partial charge in [-0.05, 0) is 24.6 Å². The lowest BCUT2D eigenvalue weighted by atomic mass is 10.1. The first-order chi connectivity index (χ1) is 7.61. The van der Waals surface area contributed by atoms with E-state index in [4.69, 9.17) is 22.1 Å². The maximum Gasteiger partial charge on any atom is 0.180 e. The Bertz CT molecular complexity index is 525. The van der Waals surface area contributed by atoms with Crippen molar-refractivity contribution in [3.63, 3.8) is 0 Å². The van der Waals surface area contributed by atoms with Crippen molar-refractivity contribution in [2.24, 2.45) is 0 Å². The largest absolute Gasteiger partial charge is 0.496 e. The minimum atomic E-state index is 0.536. The molecule has 0 bridgehead atoms. The fourth-order valence-electron chi connectivity index (χ4n) is 1.44. The number of benzene rings is 1. The van der Waals surface area contributed by atoms with E-state index in [9.17, 15) is 0 Å². The number of halogens is 1. The van der Waals surface area contributed by atoms with E-state index in [0.717, 1.165) is 22.6 Å². The molecule has 0 saturated heterocycles. The number of thiazole rings is 1. The standard InChI is InChI=1S/C11H11ClN2OS/c1-6-3-10(15-2)7(4-8(6)12)9-5-16-11(13)14-9/h3-5H,1-2H3,(H2,13,14). The lowest BCUT2D eigenvalue weighted by Gasteiger charge is -2.08. The molecule has 0 aliphatic heterocycles. The zero-order valence-electron chi connectivity index (χ0n) is 8.95. The predicted molar refractivity (Wildman–Crippen MR) is 68.3 cm³/mol. The molecule has 5 heteroatoms. The molecule has 1 aromatic carbocycles. The molecule has 0 radical (unpaired) electrons. The van der Waals surface area contributed by atoms with Gasteiger partial charge in [-0.3, -0.25) is 0 Å². The van der Waals surface area contributed by atoms with Gasteiger partial charge in [0.1, 0.15) is 5.75 Å². The van der Waals surface area contributed by atoms with Gasteiger partial charge in [-0.2, -0.15) is 0 Å². The van der Waals surface area contributed by atoms with Gasteiger partial charge >= 0.3 is 0 Å². The minimum Gasteiger partial charge on any atom is -0.496 e. The van der Waals surface area contributed by atoms with E-state index in [1.807, 2.05) is 24.4 Å². The van der Waals surface area contributed by atoms with Crippen LogP contribution >= 0.6 is 22.9 Å². The highest BCUT2D eigenvalue weighted by molar-refractivity contribution is 7.13. The Morgan fingerprint density at radius 2 is 2.19 bits per heavy atom. The van der Waals surface area contributed by atoms with E-state index in [2.05, 4.69) is 4.98 Å². The second-order valence-electron chi connectivity index (χ2n) is 3.37. The molecule has 0 aliphatic carbocycles. The molecular formula is C11H11ClN2OS. The molecule has 2 rings (SSSR count). The summed E-state index contributed by atoms with van der Waals surface area (Å²) in [4.78, 5) is 4.22. The Balaban J connectivity index is 2.59. The van der Waals surface area contributed by atoms with Crippen molar-refractivity contribution in [1.29, 1.82) is 0 Å². The van der Waals surface area contributed by atoms with Gasteiger partial charge in [-0.25, -0.2) is 4.98 Å². The van der Waals surface area contributed by atoms with Crippen LogP contribution in [0.25, 0.3) is 11.3 Å². The highest BCUT2D eigenvalue weighted by atomic mass is 35.5. The van der Waals surface area contributed by atoms with Crippen LogP contribution in [-0.4, -0.2) is 12.1 Å². The van der Waals surface area contributed by atoms with Gasteiger partial charge in [-0.1, -0.05) is 11.6 Å². The normalized spacial score (nSPS) is 10.4. The quantitative estimate of drug-likeness (QED) is 0.894. The third kappa shape index (κ3) is 1.99. The number of nitrogens with two attached hydrogens (primary N) is 1. The van der Waals surface area contributed by atoms with Crippen molar-refractivity contribution in [3.05, 3.63) is 28.1 Å². The van der Waals surface area contributed by atoms with Crippen molar-refractivity contribution < 1.29 is 4.74 Å². The average Bonchev–Trinajstić information content (AvgIpc) is 2.68. The minimum absolute atomic E-state index is 0.536. The molecule has 3 nitrogen and oxygen atoms in total. The van der Waals surface area contributed by atoms with Crippen LogP contribution in [0.15, 0.2) is 17.5 Å². The van der Waals surface area contributed by atoms with Gasteiger partial charge in [0, 0.05) is 16.0 Å². The van der Waals surface area contributed by atoms with E-state index in [1.165, 1.54) is 11.3 Å². The third-order valence-corrected chi connectivity index (χ3v) is 3.36. The highest BCUT2D eigenvalue weighted by Gasteiger charge is 2.11. The molecule has 0 fully saturated rings. The highest BCUT2D eigenvalue weighted by Crippen LogP contribution is 2.35. The van der Waals surface area contributed by atoms with Gasteiger partial charge < -0.3 is 10.5 Å². The van der Waals surface area contributed by atoms with E-state index in [-0.39, 0.29) is 0 Å².